The minimum absolute atomic E-state index is 0.352. The lowest BCUT2D eigenvalue weighted by molar-refractivity contribution is 0.138. The lowest BCUT2D eigenvalue weighted by Gasteiger charge is -2.25. The average molecular weight is 278 g/mol. The second-order valence-corrected chi connectivity index (χ2v) is 5.81. The topological polar surface area (TPSA) is 26.7 Å². The number of benzene rings is 1. The minimum atomic E-state index is -0.352. The van der Waals surface area contributed by atoms with E-state index in [1.165, 1.54) is 5.56 Å². The van der Waals surface area contributed by atoms with E-state index in [0.29, 0.717) is 0 Å². The maximum atomic E-state index is 10.4. The SMILES string of the molecule is CCCN(CCC(O)c1ccccc1C)CCN(C)C. The Morgan fingerprint density at radius 2 is 1.75 bits per heavy atom. The second-order valence-electron chi connectivity index (χ2n) is 5.81. The Morgan fingerprint density at radius 1 is 1.05 bits per heavy atom. The first-order valence-electron chi connectivity index (χ1n) is 7.65. The van der Waals surface area contributed by atoms with E-state index < -0.39 is 0 Å². The van der Waals surface area contributed by atoms with Gasteiger partial charge in [-0.1, -0.05) is 31.2 Å². The summed E-state index contributed by atoms with van der Waals surface area (Å²) in [5, 5.41) is 10.4. The van der Waals surface area contributed by atoms with Crippen molar-refractivity contribution in [3.63, 3.8) is 0 Å². The number of aryl methyl sites for hydroxylation is 1. The van der Waals surface area contributed by atoms with Gasteiger partial charge in [-0.05, 0) is 51.5 Å². The molecule has 1 unspecified atom stereocenters. The first-order valence-corrected chi connectivity index (χ1v) is 7.65. The first-order chi connectivity index (χ1) is 9.54. The van der Waals surface area contributed by atoms with Crippen molar-refractivity contribution in [2.45, 2.75) is 32.8 Å². The van der Waals surface area contributed by atoms with Crippen LogP contribution in [0.25, 0.3) is 0 Å². The van der Waals surface area contributed by atoms with Gasteiger partial charge in [-0.25, -0.2) is 0 Å². The van der Waals surface area contributed by atoms with Crippen molar-refractivity contribution in [2.24, 2.45) is 0 Å². The summed E-state index contributed by atoms with van der Waals surface area (Å²) in [6, 6.07) is 8.12. The summed E-state index contributed by atoms with van der Waals surface area (Å²) in [4.78, 5) is 4.65. The Kier molecular flexibility index (Phi) is 7.82. The zero-order chi connectivity index (χ0) is 15.0. The molecule has 0 radical (unpaired) electrons. The van der Waals surface area contributed by atoms with Crippen LogP contribution in [0.3, 0.4) is 0 Å². The van der Waals surface area contributed by atoms with Crippen molar-refractivity contribution in [1.82, 2.24) is 9.80 Å². The van der Waals surface area contributed by atoms with Crippen molar-refractivity contribution in [3.8, 4) is 0 Å². The number of nitrogens with zero attached hydrogens (tertiary/aromatic N) is 2. The summed E-state index contributed by atoms with van der Waals surface area (Å²) in [5.74, 6) is 0. The molecule has 0 aliphatic heterocycles. The van der Waals surface area contributed by atoms with Gasteiger partial charge >= 0.3 is 0 Å². The van der Waals surface area contributed by atoms with Crippen molar-refractivity contribution in [3.05, 3.63) is 35.4 Å². The Labute approximate surface area is 124 Å². The monoisotopic (exact) mass is 278 g/mol. The fourth-order valence-corrected chi connectivity index (χ4v) is 2.41. The summed E-state index contributed by atoms with van der Waals surface area (Å²) >= 11 is 0. The van der Waals surface area contributed by atoms with Crippen LogP contribution in [0.4, 0.5) is 0 Å². The van der Waals surface area contributed by atoms with Gasteiger partial charge in [-0.2, -0.15) is 0 Å². The molecule has 1 aromatic rings. The Bertz CT molecular complexity index is 379. The lowest BCUT2D eigenvalue weighted by Crippen LogP contribution is -2.33. The largest absolute Gasteiger partial charge is 0.388 e. The van der Waals surface area contributed by atoms with Gasteiger partial charge in [0, 0.05) is 19.6 Å². The number of rotatable bonds is 9. The van der Waals surface area contributed by atoms with E-state index in [-0.39, 0.29) is 6.10 Å². The summed E-state index contributed by atoms with van der Waals surface area (Å²) in [6.45, 7) is 8.47. The third-order valence-corrected chi connectivity index (χ3v) is 3.67. The van der Waals surface area contributed by atoms with E-state index in [1.54, 1.807) is 0 Å². The molecule has 3 heteroatoms. The van der Waals surface area contributed by atoms with E-state index in [0.717, 1.165) is 44.6 Å². The second kappa shape index (κ2) is 9.11. The third-order valence-electron chi connectivity index (χ3n) is 3.67. The fraction of sp³-hybridized carbons (Fsp3) is 0.647. The molecule has 20 heavy (non-hydrogen) atoms. The number of likely N-dealkylation sites (N-methyl/N-ethyl adjacent to an activating group) is 1. The van der Waals surface area contributed by atoms with Crippen molar-refractivity contribution < 1.29 is 5.11 Å². The highest BCUT2D eigenvalue weighted by molar-refractivity contribution is 5.27. The molecule has 0 aromatic heterocycles. The summed E-state index contributed by atoms with van der Waals surface area (Å²) in [7, 11) is 4.21. The number of aliphatic hydroxyl groups excluding tert-OH is 1. The zero-order valence-electron chi connectivity index (χ0n) is 13.5. The molecular formula is C17H30N2O. The Morgan fingerprint density at radius 3 is 2.35 bits per heavy atom. The Balaban J connectivity index is 2.47. The highest BCUT2D eigenvalue weighted by Gasteiger charge is 2.12. The highest BCUT2D eigenvalue weighted by Crippen LogP contribution is 2.20. The van der Waals surface area contributed by atoms with Crippen molar-refractivity contribution in [2.75, 3.05) is 40.3 Å². The molecular weight excluding hydrogens is 248 g/mol. The molecule has 1 aromatic carbocycles. The minimum Gasteiger partial charge on any atom is -0.388 e. The van der Waals surface area contributed by atoms with Crippen LogP contribution in [0.2, 0.25) is 0 Å². The van der Waals surface area contributed by atoms with Gasteiger partial charge in [0.25, 0.3) is 0 Å². The standard InChI is InChI=1S/C17H30N2O/c1-5-11-19(14-13-18(3)4)12-10-17(20)16-9-7-6-8-15(16)2/h6-9,17,20H,5,10-14H2,1-4H3. The van der Waals surface area contributed by atoms with Crippen LogP contribution in [-0.2, 0) is 0 Å². The van der Waals surface area contributed by atoms with Gasteiger partial charge in [0.05, 0.1) is 6.10 Å². The molecule has 1 rings (SSSR count). The maximum absolute atomic E-state index is 10.4. The van der Waals surface area contributed by atoms with Crippen LogP contribution >= 0.6 is 0 Å². The molecule has 0 aliphatic rings. The van der Waals surface area contributed by atoms with Crippen LogP contribution in [0.15, 0.2) is 24.3 Å². The smallest absolute Gasteiger partial charge is 0.0804 e. The quantitative estimate of drug-likeness (QED) is 0.752. The van der Waals surface area contributed by atoms with Gasteiger partial charge in [-0.15, -0.1) is 0 Å². The number of hydrogen-bond donors (Lipinski definition) is 1. The van der Waals surface area contributed by atoms with Gasteiger partial charge in [-0.3, -0.25) is 0 Å². The van der Waals surface area contributed by atoms with E-state index in [2.05, 4.69) is 43.8 Å². The molecule has 1 N–H and O–H groups in total. The number of aliphatic hydroxyl groups is 1. The first kappa shape index (κ1) is 17.2. The third kappa shape index (κ3) is 6.04. The van der Waals surface area contributed by atoms with E-state index in [4.69, 9.17) is 0 Å². The predicted octanol–water partition coefficient (Wildman–Crippen LogP) is 2.69. The summed E-state index contributed by atoms with van der Waals surface area (Å²) in [5.41, 5.74) is 2.24. The molecule has 1 atom stereocenters. The molecule has 0 saturated carbocycles. The molecule has 0 fully saturated rings. The lowest BCUT2D eigenvalue weighted by atomic mass is 10.0. The van der Waals surface area contributed by atoms with E-state index in [1.807, 2.05) is 18.2 Å². The molecule has 0 spiro atoms. The molecule has 0 amide bonds. The van der Waals surface area contributed by atoms with Crippen LogP contribution in [-0.4, -0.2) is 55.2 Å². The van der Waals surface area contributed by atoms with Crippen LogP contribution in [0, 0.1) is 6.92 Å². The van der Waals surface area contributed by atoms with Crippen molar-refractivity contribution in [1.29, 1.82) is 0 Å². The van der Waals surface area contributed by atoms with Crippen LogP contribution in [0.5, 0.6) is 0 Å². The van der Waals surface area contributed by atoms with Crippen LogP contribution in [0.1, 0.15) is 37.0 Å². The van der Waals surface area contributed by atoms with E-state index in [9.17, 15) is 5.11 Å². The maximum Gasteiger partial charge on any atom is 0.0804 e. The number of hydrogen-bond acceptors (Lipinski definition) is 3. The predicted molar refractivity (Wildman–Crippen MR) is 86.0 cm³/mol. The molecule has 0 heterocycles. The summed E-state index contributed by atoms with van der Waals surface area (Å²) < 4.78 is 0. The van der Waals surface area contributed by atoms with Crippen LogP contribution < -0.4 is 0 Å². The molecule has 0 aliphatic carbocycles. The zero-order valence-corrected chi connectivity index (χ0v) is 13.5. The summed E-state index contributed by atoms with van der Waals surface area (Å²) in [6.07, 6.45) is 1.61. The van der Waals surface area contributed by atoms with Gasteiger partial charge in [0.15, 0.2) is 0 Å². The highest BCUT2D eigenvalue weighted by atomic mass is 16.3. The normalized spacial score (nSPS) is 13.2. The molecule has 0 bridgehead atoms. The van der Waals surface area contributed by atoms with Gasteiger partial charge < -0.3 is 14.9 Å². The molecule has 114 valence electrons. The average Bonchev–Trinajstić information content (AvgIpc) is 2.42. The van der Waals surface area contributed by atoms with Gasteiger partial charge in [0.1, 0.15) is 0 Å². The van der Waals surface area contributed by atoms with Crippen molar-refractivity contribution >= 4 is 0 Å². The Hall–Kier alpha value is -0.900. The molecule has 0 saturated heterocycles. The van der Waals surface area contributed by atoms with E-state index >= 15 is 0 Å². The fourth-order valence-electron chi connectivity index (χ4n) is 2.41. The van der Waals surface area contributed by atoms with Gasteiger partial charge in [0.2, 0.25) is 0 Å². The molecule has 3 nitrogen and oxygen atoms in total.